The molecule has 2 aliphatic rings. The van der Waals surface area contributed by atoms with E-state index in [0.29, 0.717) is 5.92 Å². The summed E-state index contributed by atoms with van der Waals surface area (Å²) in [6, 6.07) is 17.8. The van der Waals surface area contributed by atoms with E-state index in [-0.39, 0.29) is 5.41 Å². The summed E-state index contributed by atoms with van der Waals surface area (Å²) in [5.74, 6) is 0.434. The Hall–Kier alpha value is -2.08. The quantitative estimate of drug-likeness (QED) is 0.594. The number of hydrogen-bond acceptors (Lipinski definition) is 0. The number of allylic oxidation sites excluding steroid dienone is 4. The van der Waals surface area contributed by atoms with E-state index in [9.17, 15) is 0 Å². The zero-order valence-electron chi connectivity index (χ0n) is 13.6. The number of hydrogen-bond donors (Lipinski definition) is 0. The molecule has 2 aliphatic carbocycles. The highest BCUT2D eigenvalue weighted by molar-refractivity contribution is 5.80. The fourth-order valence-electron chi connectivity index (χ4n) is 3.82. The minimum Gasteiger partial charge on any atom is -0.0767 e. The lowest BCUT2D eigenvalue weighted by Crippen LogP contribution is -2.06. The van der Waals surface area contributed by atoms with Crippen LogP contribution in [0.5, 0.6) is 0 Å². The Kier molecular flexibility index (Phi) is 2.91. The van der Waals surface area contributed by atoms with E-state index in [4.69, 9.17) is 0 Å². The van der Waals surface area contributed by atoms with E-state index in [1.54, 1.807) is 5.57 Å². The second kappa shape index (κ2) is 4.71. The van der Waals surface area contributed by atoms with Crippen LogP contribution in [0.25, 0.3) is 11.1 Å². The first-order chi connectivity index (χ1) is 10.6. The van der Waals surface area contributed by atoms with Crippen molar-refractivity contribution in [1.29, 1.82) is 0 Å². The molecule has 0 aromatic heterocycles. The molecule has 22 heavy (non-hydrogen) atoms. The second-order valence-electron chi connectivity index (χ2n) is 7.44. The summed E-state index contributed by atoms with van der Waals surface area (Å²) >= 11 is 0. The molecule has 0 spiro atoms. The molecule has 110 valence electrons. The first kappa shape index (κ1) is 13.6. The summed E-state index contributed by atoms with van der Waals surface area (Å²) in [4.78, 5) is 0. The molecule has 0 fully saturated rings. The molecule has 0 saturated heterocycles. The van der Waals surface area contributed by atoms with Crippen molar-refractivity contribution in [3.8, 4) is 11.1 Å². The van der Waals surface area contributed by atoms with E-state index in [0.717, 1.165) is 6.42 Å². The Balaban J connectivity index is 1.84. The second-order valence-corrected chi connectivity index (χ2v) is 7.44. The Morgan fingerprint density at radius 2 is 1.36 bits per heavy atom. The third kappa shape index (κ3) is 1.98. The van der Waals surface area contributed by atoms with Gasteiger partial charge in [0.15, 0.2) is 0 Å². The molecule has 0 nitrogen and oxygen atoms in total. The van der Waals surface area contributed by atoms with Crippen LogP contribution in [0.4, 0.5) is 0 Å². The Morgan fingerprint density at radius 3 is 1.86 bits per heavy atom. The summed E-state index contributed by atoms with van der Waals surface area (Å²) in [5, 5.41) is 0. The van der Waals surface area contributed by atoms with Crippen LogP contribution in [0.3, 0.4) is 0 Å². The molecule has 4 rings (SSSR count). The van der Waals surface area contributed by atoms with E-state index in [1.165, 1.54) is 27.8 Å². The van der Waals surface area contributed by atoms with Gasteiger partial charge in [-0.25, -0.2) is 0 Å². The van der Waals surface area contributed by atoms with Crippen LogP contribution in [0.1, 0.15) is 44.2 Å². The highest BCUT2D eigenvalue weighted by atomic mass is 14.4. The molecule has 0 radical (unpaired) electrons. The smallest absolute Gasteiger partial charge is 0.0317 e. The molecule has 0 atom stereocenters. The van der Waals surface area contributed by atoms with Crippen LogP contribution in [0.15, 0.2) is 71.8 Å². The number of benzene rings is 2. The normalized spacial score (nSPS) is 17.0. The van der Waals surface area contributed by atoms with Gasteiger partial charge in [-0.1, -0.05) is 87.0 Å². The molecule has 0 heteroatoms. The van der Waals surface area contributed by atoms with Crippen molar-refractivity contribution in [2.45, 2.75) is 33.1 Å². The standard InChI is InChI=1S/C22H22/c1-22(2,3)16-13-12-15(14-16)21-19-10-6-4-8-17(19)18-9-5-7-11-20(18)21/h4-11,13-14,21H,12H2,1-3H3. The maximum atomic E-state index is 2.45. The molecule has 0 heterocycles. The van der Waals surface area contributed by atoms with Gasteiger partial charge in [-0.3, -0.25) is 0 Å². The lowest BCUT2D eigenvalue weighted by molar-refractivity contribution is 0.517. The third-order valence-corrected chi connectivity index (χ3v) is 4.97. The van der Waals surface area contributed by atoms with Crippen molar-refractivity contribution < 1.29 is 0 Å². The van der Waals surface area contributed by atoms with Gasteiger partial charge in [0.2, 0.25) is 0 Å². The summed E-state index contributed by atoms with van der Waals surface area (Å²) in [6.07, 6.45) is 5.95. The van der Waals surface area contributed by atoms with E-state index in [1.807, 2.05) is 0 Å². The molecule has 0 N–H and O–H groups in total. The summed E-state index contributed by atoms with van der Waals surface area (Å²) < 4.78 is 0. The number of rotatable bonds is 1. The molecule has 0 aliphatic heterocycles. The predicted octanol–water partition coefficient (Wildman–Crippen LogP) is 6.10. The summed E-state index contributed by atoms with van der Waals surface area (Å²) in [6.45, 7) is 6.90. The molecule has 0 amide bonds. The van der Waals surface area contributed by atoms with Gasteiger partial charge in [0.05, 0.1) is 0 Å². The van der Waals surface area contributed by atoms with Crippen molar-refractivity contribution >= 4 is 0 Å². The monoisotopic (exact) mass is 286 g/mol. The van der Waals surface area contributed by atoms with Gasteiger partial charge in [-0.15, -0.1) is 0 Å². The van der Waals surface area contributed by atoms with Crippen molar-refractivity contribution in [2.75, 3.05) is 0 Å². The Morgan fingerprint density at radius 1 is 0.818 bits per heavy atom. The highest BCUT2D eigenvalue weighted by Gasteiger charge is 2.32. The molecule has 0 bridgehead atoms. The van der Waals surface area contributed by atoms with Crippen molar-refractivity contribution in [3.05, 3.63) is 83.0 Å². The molecular formula is C22H22. The fraction of sp³-hybridized carbons (Fsp3) is 0.273. The zero-order valence-corrected chi connectivity index (χ0v) is 13.6. The largest absolute Gasteiger partial charge is 0.0767 e. The third-order valence-electron chi connectivity index (χ3n) is 4.97. The van der Waals surface area contributed by atoms with E-state index < -0.39 is 0 Å². The van der Waals surface area contributed by atoms with Gasteiger partial charge in [-0.05, 0) is 39.7 Å². The molecule has 2 aromatic rings. The van der Waals surface area contributed by atoms with Crippen molar-refractivity contribution in [2.24, 2.45) is 5.41 Å². The van der Waals surface area contributed by atoms with Crippen LogP contribution in [-0.2, 0) is 0 Å². The van der Waals surface area contributed by atoms with Gasteiger partial charge in [-0.2, -0.15) is 0 Å². The lowest BCUT2D eigenvalue weighted by atomic mass is 9.85. The summed E-state index contributed by atoms with van der Waals surface area (Å²) in [7, 11) is 0. The SMILES string of the molecule is CC(C)(C)C1=CCC(C2c3ccccc3-c3ccccc32)=C1. The zero-order chi connectivity index (χ0) is 15.3. The van der Waals surface area contributed by atoms with Gasteiger partial charge in [0, 0.05) is 5.92 Å². The average Bonchev–Trinajstić information content (AvgIpc) is 3.09. The van der Waals surface area contributed by atoms with E-state index >= 15 is 0 Å². The Labute approximate surface area is 133 Å². The van der Waals surface area contributed by atoms with Crippen LogP contribution in [0.2, 0.25) is 0 Å². The molecule has 2 aromatic carbocycles. The van der Waals surface area contributed by atoms with Crippen molar-refractivity contribution in [1.82, 2.24) is 0 Å². The van der Waals surface area contributed by atoms with Crippen LogP contribution in [0, 0.1) is 5.41 Å². The fourth-order valence-corrected chi connectivity index (χ4v) is 3.82. The minimum atomic E-state index is 0.236. The van der Waals surface area contributed by atoms with Crippen LogP contribution >= 0.6 is 0 Å². The minimum absolute atomic E-state index is 0.236. The summed E-state index contributed by atoms with van der Waals surface area (Å²) in [5.41, 5.74) is 9.02. The maximum Gasteiger partial charge on any atom is 0.0317 e. The van der Waals surface area contributed by atoms with Crippen LogP contribution in [-0.4, -0.2) is 0 Å². The number of fused-ring (bicyclic) bond motifs is 3. The maximum absolute atomic E-state index is 2.45. The topological polar surface area (TPSA) is 0 Å². The highest BCUT2D eigenvalue weighted by Crippen LogP contribution is 2.50. The average molecular weight is 286 g/mol. The first-order valence-corrected chi connectivity index (χ1v) is 8.15. The van der Waals surface area contributed by atoms with Crippen molar-refractivity contribution in [3.63, 3.8) is 0 Å². The van der Waals surface area contributed by atoms with Crippen LogP contribution < -0.4 is 0 Å². The Bertz CT molecular complexity index is 751. The van der Waals surface area contributed by atoms with Gasteiger partial charge in [0.1, 0.15) is 0 Å². The first-order valence-electron chi connectivity index (χ1n) is 8.15. The van der Waals surface area contributed by atoms with Gasteiger partial charge < -0.3 is 0 Å². The van der Waals surface area contributed by atoms with Gasteiger partial charge in [0.25, 0.3) is 0 Å². The predicted molar refractivity (Wildman–Crippen MR) is 94.0 cm³/mol. The molecular weight excluding hydrogens is 264 g/mol. The molecule has 0 saturated carbocycles. The van der Waals surface area contributed by atoms with Gasteiger partial charge >= 0.3 is 0 Å². The van der Waals surface area contributed by atoms with E-state index in [2.05, 4.69) is 81.5 Å². The lowest BCUT2D eigenvalue weighted by Gasteiger charge is -2.19. The molecule has 0 unspecified atom stereocenters.